The van der Waals surface area contributed by atoms with Crippen LogP contribution in [0.5, 0.6) is 0 Å². The summed E-state index contributed by atoms with van der Waals surface area (Å²) in [5.41, 5.74) is 0.453. The largest absolute Gasteiger partial charge is 0.462 e. The lowest BCUT2D eigenvalue weighted by Gasteiger charge is -2.05. The number of carbonyl (C=O) groups is 1. The Balaban J connectivity index is 2.09. The number of methoxy groups -OCH3 is 1. The van der Waals surface area contributed by atoms with Gasteiger partial charge in [-0.2, -0.15) is 5.10 Å². The summed E-state index contributed by atoms with van der Waals surface area (Å²) in [6.45, 7) is 5.44. The Morgan fingerprint density at radius 3 is 2.60 bits per heavy atom. The highest BCUT2D eigenvalue weighted by atomic mass is 16.5. The van der Waals surface area contributed by atoms with Crippen LogP contribution in [0.2, 0.25) is 0 Å². The quantitative estimate of drug-likeness (QED) is 0.441. The Kier molecular flexibility index (Phi) is 8.61. The van der Waals surface area contributed by atoms with Crippen LogP contribution < -0.4 is 0 Å². The smallest absolute Gasteiger partial charge is 0.341 e. The van der Waals surface area contributed by atoms with Crippen LogP contribution in [0.4, 0.5) is 0 Å². The van der Waals surface area contributed by atoms with Gasteiger partial charge >= 0.3 is 5.97 Å². The Morgan fingerprint density at radius 1 is 1.20 bits per heavy atom. The van der Waals surface area contributed by atoms with Gasteiger partial charge in [0.05, 0.1) is 57.9 Å². The lowest BCUT2D eigenvalue weighted by molar-refractivity contribution is 0.0225. The average molecular weight is 286 g/mol. The molecular weight excluding hydrogens is 264 g/mol. The second-order valence-corrected chi connectivity index (χ2v) is 3.93. The first-order chi connectivity index (χ1) is 9.77. The Hall–Kier alpha value is -1.44. The molecule has 20 heavy (non-hydrogen) atoms. The van der Waals surface area contributed by atoms with Crippen molar-refractivity contribution < 1.29 is 23.7 Å². The van der Waals surface area contributed by atoms with Gasteiger partial charge in [0.15, 0.2) is 0 Å². The van der Waals surface area contributed by atoms with Gasteiger partial charge in [0.2, 0.25) is 0 Å². The minimum Gasteiger partial charge on any atom is -0.462 e. The molecule has 0 atom stereocenters. The third kappa shape index (κ3) is 6.65. The van der Waals surface area contributed by atoms with E-state index in [1.807, 2.05) is 0 Å². The van der Waals surface area contributed by atoms with Crippen molar-refractivity contribution in [1.82, 2.24) is 9.78 Å². The zero-order chi connectivity index (χ0) is 14.6. The molecule has 114 valence electrons. The van der Waals surface area contributed by atoms with Gasteiger partial charge in [-0.15, -0.1) is 0 Å². The van der Waals surface area contributed by atoms with Gasteiger partial charge < -0.3 is 18.9 Å². The van der Waals surface area contributed by atoms with Crippen molar-refractivity contribution in [2.45, 2.75) is 13.5 Å². The van der Waals surface area contributed by atoms with Crippen LogP contribution in [0.3, 0.4) is 0 Å². The third-order valence-electron chi connectivity index (χ3n) is 2.41. The molecule has 0 bridgehead atoms. The zero-order valence-electron chi connectivity index (χ0n) is 12.0. The van der Waals surface area contributed by atoms with Crippen LogP contribution in [0.25, 0.3) is 0 Å². The molecule has 0 N–H and O–H groups in total. The summed E-state index contributed by atoms with van der Waals surface area (Å²) in [4.78, 5) is 11.4. The number of rotatable bonds is 11. The van der Waals surface area contributed by atoms with Crippen molar-refractivity contribution in [2.75, 3.05) is 46.8 Å². The van der Waals surface area contributed by atoms with E-state index in [1.165, 1.54) is 6.20 Å². The zero-order valence-corrected chi connectivity index (χ0v) is 12.0. The van der Waals surface area contributed by atoms with Crippen molar-refractivity contribution in [3.05, 3.63) is 18.0 Å². The highest BCUT2D eigenvalue weighted by molar-refractivity contribution is 5.88. The molecule has 7 nitrogen and oxygen atoms in total. The summed E-state index contributed by atoms with van der Waals surface area (Å²) in [6, 6.07) is 0. The summed E-state index contributed by atoms with van der Waals surface area (Å²) in [6.07, 6.45) is 3.14. The van der Waals surface area contributed by atoms with Gasteiger partial charge in [-0.1, -0.05) is 0 Å². The van der Waals surface area contributed by atoms with Crippen LogP contribution in [-0.2, 0) is 25.5 Å². The average Bonchev–Trinajstić information content (AvgIpc) is 2.91. The molecule has 0 aromatic carbocycles. The number of hydrogen-bond acceptors (Lipinski definition) is 6. The molecule has 1 aromatic rings. The van der Waals surface area contributed by atoms with Crippen LogP contribution in [0.15, 0.2) is 12.4 Å². The fraction of sp³-hybridized carbons (Fsp3) is 0.692. The highest BCUT2D eigenvalue weighted by Crippen LogP contribution is 2.00. The van der Waals surface area contributed by atoms with Gasteiger partial charge in [0.25, 0.3) is 0 Å². The SMILES string of the molecule is CCOC(=O)c1cnn(CCOCCOCCOC)c1. The summed E-state index contributed by atoms with van der Waals surface area (Å²) in [5.74, 6) is -0.355. The Bertz CT molecular complexity index is 381. The lowest BCUT2D eigenvalue weighted by atomic mass is 10.4. The summed E-state index contributed by atoms with van der Waals surface area (Å²) in [7, 11) is 1.63. The van der Waals surface area contributed by atoms with Crippen LogP contribution in [0, 0.1) is 0 Å². The van der Waals surface area contributed by atoms with Gasteiger partial charge in [-0.05, 0) is 6.92 Å². The molecule has 0 amide bonds. The molecule has 0 aliphatic rings. The minimum absolute atomic E-state index is 0.355. The Labute approximate surface area is 118 Å². The number of esters is 1. The first-order valence-electron chi connectivity index (χ1n) is 6.62. The molecule has 0 spiro atoms. The maximum atomic E-state index is 11.4. The number of nitrogens with zero attached hydrogens (tertiary/aromatic N) is 2. The molecule has 7 heteroatoms. The van der Waals surface area contributed by atoms with E-state index < -0.39 is 0 Å². The monoisotopic (exact) mass is 286 g/mol. The van der Waals surface area contributed by atoms with E-state index in [0.29, 0.717) is 51.7 Å². The maximum absolute atomic E-state index is 11.4. The van der Waals surface area contributed by atoms with E-state index in [4.69, 9.17) is 18.9 Å². The topological polar surface area (TPSA) is 71.8 Å². The Morgan fingerprint density at radius 2 is 1.90 bits per heavy atom. The fourth-order valence-electron chi connectivity index (χ4n) is 1.43. The summed E-state index contributed by atoms with van der Waals surface area (Å²) in [5, 5.41) is 4.07. The van der Waals surface area contributed by atoms with Crippen LogP contribution in [0.1, 0.15) is 17.3 Å². The van der Waals surface area contributed by atoms with E-state index in [-0.39, 0.29) is 5.97 Å². The van der Waals surface area contributed by atoms with Gasteiger partial charge in [-0.3, -0.25) is 4.68 Å². The normalized spacial score (nSPS) is 10.7. The van der Waals surface area contributed by atoms with Gasteiger partial charge in [-0.25, -0.2) is 4.79 Å². The predicted molar refractivity (Wildman–Crippen MR) is 71.7 cm³/mol. The van der Waals surface area contributed by atoms with Crippen molar-refractivity contribution in [3.8, 4) is 0 Å². The van der Waals surface area contributed by atoms with Gasteiger partial charge in [0, 0.05) is 13.3 Å². The third-order valence-corrected chi connectivity index (χ3v) is 2.41. The first-order valence-corrected chi connectivity index (χ1v) is 6.62. The van der Waals surface area contributed by atoms with Crippen molar-refractivity contribution in [1.29, 1.82) is 0 Å². The predicted octanol–water partition coefficient (Wildman–Crippen LogP) is 0.739. The molecule has 0 aliphatic carbocycles. The van der Waals surface area contributed by atoms with Crippen molar-refractivity contribution in [3.63, 3.8) is 0 Å². The summed E-state index contributed by atoms with van der Waals surface area (Å²) < 4.78 is 22.0. The molecule has 0 saturated heterocycles. The number of aromatic nitrogens is 2. The molecule has 1 rings (SSSR count). The second-order valence-electron chi connectivity index (χ2n) is 3.93. The standard InChI is InChI=1S/C13H22N2O5/c1-3-20-13(16)12-10-14-15(11-12)4-5-18-8-9-19-7-6-17-2/h10-11H,3-9H2,1-2H3. The molecule has 0 aliphatic heterocycles. The highest BCUT2D eigenvalue weighted by Gasteiger charge is 2.08. The van der Waals surface area contributed by atoms with E-state index in [2.05, 4.69) is 5.10 Å². The number of carbonyl (C=O) groups excluding carboxylic acids is 1. The van der Waals surface area contributed by atoms with Crippen LogP contribution in [-0.4, -0.2) is 62.5 Å². The van der Waals surface area contributed by atoms with Crippen LogP contribution >= 0.6 is 0 Å². The minimum atomic E-state index is -0.355. The number of hydrogen-bond donors (Lipinski definition) is 0. The van der Waals surface area contributed by atoms with E-state index >= 15 is 0 Å². The van der Waals surface area contributed by atoms with Crippen molar-refractivity contribution >= 4 is 5.97 Å². The molecular formula is C13H22N2O5. The second kappa shape index (κ2) is 10.4. The fourth-order valence-corrected chi connectivity index (χ4v) is 1.43. The number of ether oxygens (including phenoxy) is 4. The van der Waals surface area contributed by atoms with Crippen molar-refractivity contribution in [2.24, 2.45) is 0 Å². The molecule has 0 radical (unpaired) electrons. The van der Waals surface area contributed by atoms with E-state index in [9.17, 15) is 4.79 Å². The molecule has 1 heterocycles. The molecule has 0 saturated carbocycles. The summed E-state index contributed by atoms with van der Waals surface area (Å²) >= 11 is 0. The lowest BCUT2D eigenvalue weighted by Crippen LogP contribution is -2.12. The van der Waals surface area contributed by atoms with E-state index in [0.717, 1.165) is 0 Å². The van der Waals surface area contributed by atoms with E-state index in [1.54, 1.807) is 24.9 Å². The first kappa shape index (κ1) is 16.6. The molecule has 1 aromatic heterocycles. The van der Waals surface area contributed by atoms with Gasteiger partial charge in [0.1, 0.15) is 0 Å². The molecule has 0 fully saturated rings. The maximum Gasteiger partial charge on any atom is 0.341 e. The molecule has 0 unspecified atom stereocenters.